The third-order valence-corrected chi connectivity index (χ3v) is 4.79. The second kappa shape index (κ2) is 6.44. The third-order valence-electron chi connectivity index (χ3n) is 3.81. The maximum atomic E-state index is 6.35. The lowest BCUT2D eigenvalue weighted by molar-refractivity contribution is 0.414. The first kappa shape index (κ1) is 15.0. The number of rotatable bonds is 5. The van der Waals surface area contributed by atoms with E-state index < -0.39 is 0 Å². The molecule has 1 unspecified atom stereocenters. The quantitative estimate of drug-likeness (QED) is 0.652. The Kier molecular flexibility index (Phi) is 4.60. The molecule has 0 bridgehead atoms. The summed E-state index contributed by atoms with van der Waals surface area (Å²) in [7, 11) is 1.69. The highest BCUT2D eigenvalue weighted by Gasteiger charge is 2.32. The average Bonchev–Trinajstić information content (AvgIpc) is 3.31. The molecule has 0 amide bonds. The van der Waals surface area contributed by atoms with Gasteiger partial charge in [0.15, 0.2) is 0 Å². The third kappa shape index (κ3) is 3.64. The van der Waals surface area contributed by atoms with Crippen molar-refractivity contribution >= 4 is 39.9 Å². The molecule has 1 N–H and O–H groups in total. The monoisotopic (exact) mass is 413 g/mol. The van der Waals surface area contributed by atoms with Crippen molar-refractivity contribution < 1.29 is 4.74 Å². The molecule has 1 saturated carbocycles. The van der Waals surface area contributed by atoms with E-state index in [4.69, 9.17) is 16.3 Å². The van der Waals surface area contributed by atoms with Gasteiger partial charge in [-0.1, -0.05) is 23.7 Å². The maximum absolute atomic E-state index is 6.35. The minimum absolute atomic E-state index is 0.313. The number of nitrogens with one attached hydrogen (secondary N) is 1. The minimum Gasteiger partial charge on any atom is -0.497 e. The van der Waals surface area contributed by atoms with Crippen molar-refractivity contribution in [3.63, 3.8) is 0 Å². The van der Waals surface area contributed by atoms with E-state index in [1.165, 1.54) is 18.4 Å². The Morgan fingerprint density at radius 1 is 1.19 bits per heavy atom. The van der Waals surface area contributed by atoms with E-state index >= 15 is 0 Å². The first-order chi connectivity index (χ1) is 10.2. The number of ether oxygens (including phenoxy) is 1. The summed E-state index contributed by atoms with van der Waals surface area (Å²) in [6.45, 7) is 0. The molecule has 0 aromatic heterocycles. The van der Waals surface area contributed by atoms with Crippen LogP contribution in [0.2, 0.25) is 5.02 Å². The molecule has 2 nitrogen and oxygen atoms in total. The molecule has 1 fully saturated rings. The molecule has 0 heterocycles. The van der Waals surface area contributed by atoms with Crippen molar-refractivity contribution in [3.05, 3.63) is 56.6 Å². The Morgan fingerprint density at radius 3 is 2.48 bits per heavy atom. The summed E-state index contributed by atoms with van der Waals surface area (Å²) >= 11 is 8.62. The molecule has 2 aromatic rings. The summed E-state index contributed by atoms with van der Waals surface area (Å²) in [5.74, 6) is 1.58. The Hall–Kier alpha value is -0.940. The largest absolute Gasteiger partial charge is 0.497 e. The summed E-state index contributed by atoms with van der Waals surface area (Å²) in [6.07, 6.45) is 2.54. The summed E-state index contributed by atoms with van der Waals surface area (Å²) in [4.78, 5) is 0. The van der Waals surface area contributed by atoms with E-state index in [2.05, 4.69) is 52.2 Å². The summed E-state index contributed by atoms with van der Waals surface area (Å²) in [5, 5.41) is 4.39. The molecule has 110 valence electrons. The molecule has 4 heteroatoms. The Morgan fingerprint density at radius 2 is 1.90 bits per heavy atom. The van der Waals surface area contributed by atoms with E-state index in [1.54, 1.807) is 7.11 Å². The van der Waals surface area contributed by atoms with Crippen LogP contribution in [0.5, 0.6) is 5.75 Å². The lowest BCUT2D eigenvalue weighted by Crippen LogP contribution is -2.13. The van der Waals surface area contributed by atoms with Crippen LogP contribution in [0, 0.1) is 9.49 Å². The molecule has 0 radical (unpaired) electrons. The van der Waals surface area contributed by atoms with Gasteiger partial charge < -0.3 is 10.1 Å². The topological polar surface area (TPSA) is 21.3 Å². The number of hydrogen-bond donors (Lipinski definition) is 1. The van der Waals surface area contributed by atoms with Gasteiger partial charge in [0.05, 0.1) is 23.9 Å². The van der Waals surface area contributed by atoms with Gasteiger partial charge in [0.25, 0.3) is 0 Å². The Labute approximate surface area is 144 Å². The average molecular weight is 414 g/mol. The van der Waals surface area contributed by atoms with Crippen molar-refractivity contribution in [2.45, 2.75) is 18.9 Å². The van der Waals surface area contributed by atoms with E-state index in [9.17, 15) is 0 Å². The number of methoxy groups -OCH3 is 1. The second-order valence-corrected chi connectivity index (χ2v) is 7.01. The zero-order chi connectivity index (χ0) is 14.8. The van der Waals surface area contributed by atoms with Gasteiger partial charge in [0.1, 0.15) is 5.75 Å². The van der Waals surface area contributed by atoms with Crippen molar-refractivity contribution in [2.24, 2.45) is 5.92 Å². The van der Waals surface area contributed by atoms with Crippen LogP contribution in [0.25, 0.3) is 0 Å². The first-order valence-corrected chi connectivity index (χ1v) is 8.48. The van der Waals surface area contributed by atoms with Gasteiger partial charge >= 0.3 is 0 Å². The van der Waals surface area contributed by atoms with Crippen molar-refractivity contribution in [1.82, 2.24) is 0 Å². The molecule has 0 spiro atoms. The van der Waals surface area contributed by atoms with E-state index in [0.717, 1.165) is 20.0 Å². The molecular formula is C17H17ClINO. The molecule has 3 rings (SSSR count). The van der Waals surface area contributed by atoms with Crippen LogP contribution in [-0.2, 0) is 0 Å². The number of benzene rings is 2. The summed E-state index contributed by atoms with van der Waals surface area (Å²) in [6, 6.07) is 14.7. The van der Waals surface area contributed by atoms with E-state index in [-0.39, 0.29) is 0 Å². The van der Waals surface area contributed by atoms with Crippen LogP contribution in [0.3, 0.4) is 0 Å². The van der Waals surface area contributed by atoms with Gasteiger partial charge in [-0.15, -0.1) is 0 Å². The van der Waals surface area contributed by atoms with Crippen LogP contribution in [-0.4, -0.2) is 7.11 Å². The molecule has 2 aromatic carbocycles. The highest BCUT2D eigenvalue weighted by molar-refractivity contribution is 14.1. The zero-order valence-electron chi connectivity index (χ0n) is 11.8. The van der Waals surface area contributed by atoms with Gasteiger partial charge in [-0.05, 0) is 77.2 Å². The Bertz CT molecular complexity index is 625. The molecule has 21 heavy (non-hydrogen) atoms. The standard InChI is InChI=1S/C17H17ClINO/c1-21-14-7-4-12(5-8-14)17(11-2-3-11)20-16-9-6-13(19)10-15(16)18/h4-11,17,20H,2-3H2,1H3. The van der Waals surface area contributed by atoms with Crippen molar-refractivity contribution in [1.29, 1.82) is 0 Å². The lowest BCUT2D eigenvalue weighted by atomic mass is 10.0. The predicted molar refractivity (Wildman–Crippen MR) is 96.3 cm³/mol. The molecule has 0 aliphatic heterocycles. The second-order valence-electron chi connectivity index (χ2n) is 5.36. The van der Waals surface area contributed by atoms with Gasteiger partial charge in [0.2, 0.25) is 0 Å². The number of halogens is 2. The van der Waals surface area contributed by atoms with Gasteiger partial charge in [-0.3, -0.25) is 0 Å². The lowest BCUT2D eigenvalue weighted by Gasteiger charge is -2.21. The fraction of sp³-hybridized carbons (Fsp3) is 0.294. The summed E-state index contributed by atoms with van der Waals surface area (Å²) in [5.41, 5.74) is 2.29. The highest BCUT2D eigenvalue weighted by atomic mass is 127. The zero-order valence-corrected chi connectivity index (χ0v) is 14.7. The normalized spacial score (nSPS) is 15.6. The highest BCUT2D eigenvalue weighted by Crippen LogP contribution is 2.44. The van der Waals surface area contributed by atoms with Gasteiger partial charge in [-0.2, -0.15) is 0 Å². The number of hydrogen-bond acceptors (Lipinski definition) is 2. The van der Waals surface area contributed by atoms with E-state index in [0.29, 0.717) is 12.0 Å². The summed E-state index contributed by atoms with van der Waals surface area (Å²) < 4.78 is 6.38. The smallest absolute Gasteiger partial charge is 0.118 e. The first-order valence-electron chi connectivity index (χ1n) is 7.03. The van der Waals surface area contributed by atoms with Crippen LogP contribution >= 0.6 is 34.2 Å². The van der Waals surface area contributed by atoms with E-state index in [1.807, 2.05) is 18.2 Å². The van der Waals surface area contributed by atoms with Crippen molar-refractivity contribution in [3.8, 4) is 5.75 Å². The minimum atomic E-state index is 0.313. The molecular weight excluding hydrogens is 397 g/mol. The molecule has 1 aliphatic carbocycles. The Balaban J connectivity index is 1.84. The van der Waals surface area contributed by atoms with Crippen LogP contribution in [0.4, 0.5) is 5.69 Å². The molecule has 1 aliphatic rings. The fourth-order valence-electron chi connectivity index (χ4n) is 2.49. The van der Waals surface area contributed by atoms with Crippen LogP contribution in [0.15, 0.2) is 42.5 Å². The van der Waals surface area contributed by atoms with Gasteiger partial charge in [0, 0.05) is 3.57 Å². The number of anilines is 1. The SMILES string of the molecule is COc1ccc(C(Nc2ccc(I)cc2Cl)C2CC2)cc1. The van der Waals surface area contributed by atoms with Gasteiger partial charge in [-0.25, -0.2) is 0 Å². The van der Waals surface area contributed by atoms with Crippen LogP contribution in [0.1, 0.15) is 24.4 Å². The van der Waals surface area contributed by atoms with Crippen LogP contribution < -0.4 is 10.1 Å². The predicted octanol–water partition coefficient (Wildman–Crippen LogP) is 5.52. The molecule has 0 saturated heterocycles. The molecule has 1 atom stereocenters. The van der Waals surface area contributed by atoms with Crippen molar-refractivity contribution in [2.75, 3.05) is 12.4 Å². The maximum Gasteiger partial charge on any atom is 0.118 e. The fourth-order valence-corrected chi connectivity index (χ4v) is 3.40.